The van der Waals surface area contributed by atoms with E-state index in [0.29, 0.717) is 0 Å². The molecule has 5 heteroatoms. The van der Waals surface area contributed by atoms with E-state index in [1.54, 1.807) is 12.1 Å². The van der Waals surface area contributed by atoms with Crippen molar-refractivity contribution >= 4 is 11.9 Å². The van der Waals surface area contributed by atoms with Crippen LogP contribution < -0.4 is 5.32 Å². The highest BCUT2D eigenvalue weighted by Gasteiger charge is 2.30. The lowest BCUT2D eigenvalue weighted by atomic mass is 9.85. The molecular weight excluding hydrogens is 309 g/mol. The molecule has 0 spiro atoms. The third-order valence-electron chi connectivity index (χ3n) is 2.85. The molecule has 1 rings (SSSR count). The Labute approximate surface area is 145 Å². The molecule has 0 saturated carbocycles. The number of nitrogens with one attached hydrogen (secondary N) is 1. The molecule has 138 valence electrons. The SMILES string of the molecule is CC.CC.CC(=O)C(NC(=O)OCc1ccccc1F)C(C)(C)C. The molecule has 4 nitrogen and oxygen atoms in total. The van der Waals surface area contributed by atoms with Crippen molar-refractivity contribution in [2.45, 2.75) is 68.0 Å². The Morgan fingerprint density at radius 3 is 2.04 bits per heavy atom. The molecule has 0 aliphatic carbocycles. The van der Waals surface area contributed by atoms with E-state index in [1.165, 1.54) is 19.1 Å². The summed E-state index contributed by atoms with van der Waals surface area (Å²) in [5, 5.41) is 2.51. The summed E-state index contributed by atoms with van der Waals surface area (Å²) < 4.78 is 18.3. The molecule has 0 saturated heterocycles. The second kappa shape index (κ2) is 12.5. The molecule has 0 bridgehead atoms. The van der Waals surface area contributed by atoms with Gasteiger partial charge in [0.05, 0.1) is 6.04 Å². The predicted octanol–water partition coefficient (Wildman–Crippen LogP) is 5.11. The number of Topliss-reactive ketones (excluding diaryl/α,β-unsaturated/α-hetero) is 1. The van der Waals surface area contributed by atoms with Crippen LogP contribution in [0.5, 0.6) is 0 Å². The number of amides is 1. The van der Waals surface area contributed by atoms with Crippen LogP contribution in [0.15, 0.2) is 24.3 Å². The molecule has 0 aromatic heterocycles. The Morgan fingerprint density at radius 2 is 1.62 bits per heavy atom. The lowest BCUT2D eigenvalue weighted by molar-refractivity contribution is -0.121. The molecule has 0 aliphatic rings. The van der Waals surface area contributed by atoms with E-state index in [2.05, 4.69) is 5.32 Å². The summed E-state index contributed by atoms with van der Waals surface area (Å²) in [6.45, 7) is 14.8. The molecule has 1 unspecified atom stereocenters. The van der Waals surface area contributed by atoms with Gasteiger partial charge in [0.25, 0.3) is 0 Å². The monoisotopic (exact) mass is 341 g/mol. The zero-order chi connectivity index (χ0) is 19.3. The lowest BCUT2D eigenvalue weighted by Crippen LogP contribution is -2.48. The van der Waals surface area contributed by atoms with Crippen LogP contribution in [0.3, 0.4) is 0 Å². The molecule has 0 fully saturated rings. The summed E-state index contributed by atoms with van der Waals surface area (Å²) in [5.41, 5.74) is -0.124. The van der Waals surface area contributed by atoms with Crippen molar-refractivity contribution in [2.24, 2.45) is 5.41 Å². The van der Waals surface area contributed by atoms with Gasteiger partial charge in [-0.2, -0.15) is 0 Å². The van der Waals surface area contributed by atoms with Gasteiger partial charge in [0.2, 0.25) is 0 Å². The van der Waals surface area contributed by atoms with Crippen LogP contribution >= 0.6 is 0 Å². The van der Waals surface area contributed by atoms with E-state index in [-0.39, 0.29) is 18.0 Å². The molecule has 1 amide bonds. The Kier molecular flexibility index (Phi) is 12.7. The fraction of sp³-hybridized carbons (Fsp3) is 0.579. The third kappa shape index (κ3) is 9.28. The van der Waals surface area contributed by atoms with E-state index in [9.17, 15) is 14.0 Å². The Balaban J connectivity index is 0. The van der Waals surface area contributed by atoms with Gasteiger partial charge < -0.3 is 10.1 Å². The fourth-order valence-electron chi connectivity index (χ4n) is 1.85. The Hall–Kier alpha value is -1.91. The number of alkyl carbamates (subject to hydrolysis) is 1. The first kappa shape index (κ1) is 24.3. The van der Waals surface area contributed by atoms with Gasteiger partial charge in [-0.15, -0.1) is 0 Å². The molecule has 1 aromatic carbocycles. The largest absolute Gasteiger partial charge is 0.445 e. The second-order valence-electron chi connectivity index (χ2n) is 5.72. The first-order chi connectivity index (χ1) is 11.2. The molecule has 0 heterocycles. The highest BCUT2D eigenvalue weighted by atomic mass is 19.1. The van der Waals surface area contributed by atoms with Gasteiger partial charge in [-0.05, 0) is 18.4 Å². The topological polar surface area (TPSA) is 55.4 Å². The maximum absolute atomic E-state index is 13.4. The number of rotatable bonds is 4. The minimum absolute atomic E-state index is 0.152. The van der Waals surface area contributed by atoms with Gasteiger partial charge in [0.1, 0.15) is 12.4 Å². The highest BCUT2D eigenvalue weighted by molar-refractivity contribution is 5.86. The van der Waals surface area contributed by atoms with Gasteiger partial charge in [0, 0.05) is 5.56 Å². The number of carbonyl (C=O) groups excluding carboxylic acids is 2. The second-order valence-corrected chi connectivity index (χ2v) is 5.72. The van der Waals surface area contributed by atoms with Gasteiger partial charge >= 0.3 is 6.09 Å². The fourth-order valence-corrected chi connectivity index (χ4v) is 1.85. The number of halogens is 1. The van der Waals surface area contributed by atoms with Crippen molar-refractivity contribution < 1.29 is 18.7 Å². The average Bonchev–Trinajstić information content (AvgIpc) is 2.54. The number of hydrogen-bond donors (Lipinski definition) is 1. The number of ketones is 1. The number of hydrogen-bond acceptors (Lipinski definition) is 3. The molecule has 0 radical (unpaired) electrons. The van der Waals surface area contributed by atoms with E-state index in [4.69, 9.17) is 4.74 Å². The van der Waals surface area contributed by atoms with Gasteiger partial charge in [-0.3, -0.25) is 4.79 Å². The van der Waals surface area contributed by atoms with Crippen molar-refractivity contribution in [3.63, 3.8) is 0 Å². The van der Waals surface area contributed by atoms with E-state index in [0.717, 1.165) is 0 Å². The van der Waals surface area contributed by atoms with E-state index >= 15 is 0 Å². The predicted molar refractivity (Wildman–Crippen MR) is 96.3 cm³/mol. The Morgan fingerprint density at radius 1 is 1.12 bits per heavy atom. The zero-order valence-corrected chi connectivity index (χ0v) is 16.2. The van der Waals surface area contributed by atoms with Crippen LogP contribution in [0, 0.1) is 11.2 Å². The van der Waals surface area contributed by atoms with Crippen LogP contribution in [-0.4, -0.2) is 17.9 Å². The summed E-state index contributed by atoms with van der Waals surface area (Å²) in [6, 6.07) is 5.41. The summed E-state index contributed by atoms with van der Waals surface area (Å²) in [5.74, 6) is -0.584. The van der Waals surface area contributed by atoms with Crippen molar-refractivity contribution in [2.75, 3.05) is 0 Å². The van der Waals surface area contributed by atoms with E-state index in [1.807, 2.05) is 48.5 Å². The van der Waals surface area contributed by atoms with Crippen molar-refractivity contribution in [1.29, 1.82) is 0 Å². The summed E-state index contributed by atoms with van der Waals surface area (Å²) in [7, 11) is 0. The van der Waals surface area contributed by atoms with Gasteiger partial charge in [-0.25, -0.2) is 9.18 Å². The van der Waals surface area contributed by atoms with Crippen molar-refractivity contribution in [1.82, 2.24) is 5.32 Å². The minimum Gasteiger partial charge on any atom is -0.445 e. The van der Waals surface area contributed by atoms with Crippen LogP contribution in [0.25, 0.3) is 0 Å². The normalized spacial score (nSPS) is 11.0. The smallest absolute Gasteiger partial charge is 0.408 e. The molecule has 1 aromatic rings. The Bertz CT molecular complexity index is 496. The molecule has 1 N–H and O–H groups in total. The molecular formula is C19H32FNO3. The maximum atomic E-state index is 13.4. The minimum atomic E-state index is -0.733. The van der Waals surface area contributed by atoms with Crippen LogP contribution in [-0.2, 0) is 16.1 Å². The summed E-state index contributed by atoms with van der Waals surface area (Å²) >= 11 is 0. The standard InChI is InChI=1S/C15H20FNO3.2C2H6/c1-10(18)13(15(2,3)4)17-14(19)20-9-11-7-5-6-8-12(11)16;2*1-2/h5-8,13H,9H2,1-4H3,(H,17,19);2*1-2H3. The maximum Gasteiger partial charge on any atom is 0.408 e. The van der Waals surface area contributed by atoms with Crippen molar-refractivity contribution in [3.05, 3.63) is 35.6 Å². The summed E-state index contributed by atoms with van der Waals surface area (Å²) in [4.78, 5) is 23.2. The van der Waals surface area contributed by atoms with Gasteiger partial charge in [-0.1, -0.05) is 66.7 Å². The van der Waals surface area contributed by atoms with Gasteiger partial charge in [0.15, 0.2) is 5.78 Å². The van der Waals surface area contributed by atoms with Crippen LogP contribution in [0.1, 0.15) is 61.0 Å². The quantitative estimate of drug-likeness (QED) is 0.828. The van der Waals surface area contributed by atoms with E-state index < -0.39 is 23.4 Å². The molecule has 1 atom stereocenters. The zero-order valence-electron chi connectivity index (χ0n) is 16.2. The first-order valence-corrected chi connectivity index (χ1v) is 8.39. The van der Waals surface area contributed by atoms with Crippen LogP contribution in [0.4, 0.5) is 9.18 Å². The number of carbonyl (C=O) groups is 2. The van der Waals surface area contributed by atoms with Crippen molar-refractivity contribution in [3.8, 4) is 0 Å². The third-order valence-corrected chi connectivity index (χ3v) is 2.85. The molecule has 24 heavy (non-hydrogen) atoms. The average molecular weight is 341 g/mol. The lowest BCUT2D eigenvalue weighted by Gasteiger charge is -2.28. The first-order valence-electron chi connectivity index (χ1n) is 8.39. The number of benzene rings is 1. The highest BCUT2D eigenvalue weighted by Crippen LogP contribution is 2.20. The summed E-state index contributed by atoms with van der Waals surface area (Å²) in [6.07, 6.45) is -0.733. The van der Waals surface area contributed by atoms with Crippen LogP contribution in [0.2, 0.25) is 0 Å². The number of ether oxygens (including phenoxy) is 1. The molecule has 0 aliphatic heterocycles.